The van der Waals surface area contributed by atoms with Crippen molar-refractivity contribution in [3.05, 3.63) is 40.3 Å². The van der Waals surface area contributed by atoms with Crippen LogP contribution in [0.2, 0.25) is 0 Å². The van der Waals surface area contributed by atoms with Gasteiger partial charge >= 0.3 is 0 Å². The molecule has 1 amide bonds. The number of pyridine rings is 1. The summed E-state index contributed by atoms with van der Waals surface area (Å²) < 4.78 is 6.82. The van der Waals surface area contributed by atoms with Gasteiger partial charge in [-0.15, -0.1) is 0 Å². The van der Waals surface area contributed by atoms with Gasteiger partial charge in [-0.2, -0.15) is 0 Å². The van der Waals surface area contributed by atoms with Crippen LogP contribution in [0.3, 0.4) is 0 Å². The normalized spacial score (nSPS) is 10.8. The van der Waals surface area contributed by atoms with Crippen molar-refractivity contribution in [3.8, 4) is 5.75 Å². The summed E-state index contributed by atoms with van der Waals surface area (Å²) in [6.45, 7) is 7.64. The van der Waals surface area contributed by atoms with E-state index in [-0.39, 0.29) is 11.5 Å². The molecule has 0 unspecified atom stereocenters. The number of rotatable bonds is 6. The Balaban J connectivity index is 2.72. The molecule has 1 heterocycles. The molecule has 0 radical (unpaired) electrons. The van der Waals surface area contributed by atoms with Crippen molar-refractivity contribution in [1.29, 1.82) is 0 Å². The van der Waals surface area contributed by atoms with E-state index in [4.69, 9.17) is 4.74 Å². The monoisotopic (exact) mass is 316 g/mol. The van der Waals surface area contributed by atoms with Crippen molar-refractivity contribution in [2.45, 2.75) is 33.7 Å². The topological polar surface area (TPSA) is 51.5 Å². The van der Waals surface area contributed by atoms with Crippen LogP contribution >= 0.6 is 0 Å². The second kappa shape index (κ2) is 7.31. The molecule has 0 aliphatic carbocycles. The third kappa shape index (κ3) is 3.23. The number of hydrogen-bond donors (Lipinski definition) is 0. The Morgan fingerprint density at radius 2 is 1.87 bits per heavy atom. The molecule has 0 N–H and O–H groups in total. The van der Waals surface area contributed by atoms with E-state index in [1.165, 1.54) is 0 Å². The van der Waals surface area contributed by atoms with Gasteiger partial charge in [-0.25, -0.2) is 0 Å². The van der Waals surface area contributed by atoms with Gasteiger partial charge in [0, 0.05) is 25.0 Å². The van der Waals surface area contributed by atoms with E-state index in [0.29, 0.717) is 36.5 Å². The van der Waals surface area contributed by atoms with E-state index in [0.717, 1.165) is 11.8 Å². The number of methoxy groups -OCH3 is 1. The lowest BCUT2D eigenvalue weighted by molar-refractivity contribution is 0.0760. The van der Waals surface area contributed by atoms with Crippen molar-refractivity contribution in [1.82, 2.24) is 9.47 Å². The Bertz CT molecular complexity index is 761. The Morgan fingerprint density at radius 3 is 2.43 bits per heavy atom. The molecule has 0 saturated heterocycles. The van der Waals surface area contributed by atoms with Gasteiger partial charge in [0.1, 0.15) is 11.4 Å². The fourth-order valence-corrected chi connectivity index (χ4v) is 2.76. The Labute approximate surface area is 136 Å². The minimum atomic E-state index is -0.123. The fraction of sp³-hybridized carbons (Fsp3) is 0.444. The van der Waals surface area contributed by atoms with E-state index in [9.17, 15) is 9.59 Å². The summed E-state index contributed by atoms with van der Waals surface area (Å²) in [5, 5.41) is 1.34. The quantitative estimate of drug-likeness (QED) is 0.823. The lowest BCUT2D eigenvalue weighted by Crippen LogP contribution is -2.36. The van der Waals surface area contributed by atoms with E-state index in [2.05, 4.69) is 0 Å². The van der Waals surface area contributed by atoms with Crippen LogP contribution in [-0.4, -0.2) is 35.6 Å². The van der Waals surface area contributed by atoms with Gasteiger partial charge in [-0.3, -0.25) is 9.59 Å². The summed E-state index contributed by atoms with van der Waals surface area (Å²) in [5.74, 6) is 0.566. The third-order valence-corrected chi connectivity index (χ3v) is 4.03. The van der Waals surface area contributed by atoms with Crippen LogP contribution in [0, 0.1) is 0 Å². The standard InChI is InChI=1S/C18H24N2O3/c1-5-10-20-16(18(22)19(6-2)7-3)12-13-11-14(23-4)8-9-15(13)17(20)21/h8-9,11-12H,5-7,10H2,1-4H3. The highest BCUT2D eigenvalue weighted by Crippen LogP contribution is 2.20. The highest BCUT2D eigenvalue weighted by atomic mass is 16.5. The zero-order valence-electron chi connectivity index (χ0n) is 14.3. The van der Waals surface area contributed by atoms with E-state index >= 15 is 0 Å². The summed E-state index contributed by atoms with van der Waals surface area (Å²) in [5.41, 5.74) is 0.323. The number of hydrogen-bond acceptors (Lipinski definition) is 3. The maximum absolute atomic E-state index is 12.8. The predicted molar refractivity (Wildman–Crippen MR) is 92.3 cm³/mol. The van der Waals surface area contributed by atoms with Crippen LogP contribution in [0.25, 0.3) is 10.8 Å². The first kappa shape index (κ1) is 17.1. The van der Waals surface area contributed by atoms with Crippen LogP contribution in [0.1, 0.15) is 37.7 Å². The molecule has 5 heteroatoms. The largest absolute Gasteiger partial charge is 0.497 e. The first-order valence-electron chi connectivity index (χ1n) is 8.08. The average Bonchev–Trinajstić information content (AvgIpc) is 2.57. The summed E-state index contributed by atoms with van der Waals surface area (Å²) in [7, 11) is 1.58. The van der Waals surface area contributed by atoms with Crippen LogP contribution in [0.4, 0.5) is 0 Å². The number of carbonyl (C=O) groups is 1. The van der Waals surface area contributed by atoms with Gasteiger partial charge in [0.15, 0.2) is 0 Å². The Kier molecular flexibility index (Phi) is 5.42. The number of aromatic nitrogens is 1. The Morgan fingerprint density at radius 1 is 1.17 bits per heavy atom. The number of ether oxygens (including phenoxy) is 1. The van der Waals surface area contributed by atoms with E-state index in [1.807, 2.05) is 20.8 Å². The minimum Gasteiger partial charge on any atom is -0.497 e. The molecular weight excluding hydrogens is 292 g/mol. The molecule has 5 nitrogen and oxygen atoms in total. The van der Waals surface area contributed by atoms with Crippen molar-refractivity contribution < 1.29 is 9.53 Å². The van der Waals surface area contributed by atoms with Gasteiger partial charge in [0.2, 0.25) is 0 Å². The molecule has 1 aromatic carbocycles. The van der Waals surface area contributed by atoms with Crippen LogP contribution < -0.4 is 10.3 Å². The predicted octanol–water partition coefficient (Wildman–Crippen LogP) is 2.90. The highest BCUT2D eigenvalue weighted by Gasteiger charge is 2.19. The number of fused-ring (bicyclic) bond motifs is 1. The number of nitrogens with zero attached hydrogens (tertiary/aromatic N) is 2. The first-order valence-corrected chi connectivity index (χ1v) is 8.08. The van der Waals surface area contributed by atoms with Gasteiger partial charge in [0.25, 0.3) is 11.5 Å². The van der Waals surface area contributed by atoms with Gasteiger partial charge in [-0.1, -0.05) is 6.92 Å². The summed E-state index contributed by atoms with van der Waals surface area (Å²) in [6.07, 6.45) is 0.792. The molecule has 0 aliphatic rings. The molecule has 0 bridgehead atoms. The number of amides is 1. The van der Waals surface area contributed by atoms with Gasteiger partial charge in [-0.05, 0) is 49.9 Å². The lowest BCUT2D eigenvalue weighted by Gasteiger charge is -2.21. The molecule has 124 valence electrons. The van der Waals surface area contributed by atoms with Gasteiger partial charge in [0.05, 0.1) is 7.11 Å². The fourth-order valence-electron chi connectivity index (χ4n) is 2.76. The van der Waals surface area contributed by atoms with Gasteiger partial charge < -0.3 is 14.2 Å². The third-order valence-electron chi connectivity index (χ3n) is 4.03. The molecule has 1 aromatic heterocycles. The molecule has 0 aliphatic heterocycles. The average molecular weight is 316 g/mol. The lowest BCUT2D eigenvalue weighted by atomic mass is 10.1. The smallest absolute Gasteiger partial charge is 0.270 e. The van der Waals surface area contributed by atoms with Crippen molar-refractivity contribution in [2.24, 2.45) is 0 Å². The first-order chi connectivity index (χ1) is 11.1. The second-order valence-corrected chi connectivity index (χ2v) is 5.42. The van der Waals surface area contributed by atoms with E-state index < -0.39 is 0 Å². The maximum Gasteiger partial charge on any atom is 0.270 e. The molecule has 2 aromatic rings. The summed E-state index contributed by atoms with van der Waals surface area (Å²) in [4.78, 5) is 27.3. The van der Waals surface area contributed by atoms with Crippen molar-refractivity contribution >= 4 is 16.7 Å². The van der Waals surface area contributed by atoms with E-state index in [1.54, 1.807) is 40.8 Å². The minimum absolute atomic E-state index is 0.106. The highest BCUT2D eigenvalue weighted by molar-refractivity contribution is 5.97. The molecular formula is C18H24N2O3. The molecule has 0 saturated carbocycles. The second-order valence-electron chi connectivity index (χ2n) is 5.42. The summed E-state index contributed by atoms with van der Waals surface area (Å²) >= 11 is 0. The van der Waals surface area contributed by atoms with Crippen LogP contribution in [0.5, 0.6) is 5.75 Å². The number of benzene rings is 1. The molecule has 0 spiro atoms. The molecule has 0 atom stereocenters. The zero-order valence-corrected chi connectivity index (χ0v) is 14.3. The van der Waals surface area contributed by atoms with Crippen LogP contribution in [0.15, 0.2) is 29.1 Å². The SMILES string of the molecule is CCCn1c(C(=O)N(CC)CC)cc2cc(OC)ccc2c1=O. The zero-order chi connectivity index (χ0) is 17.0. The Hall–Kier alpha value is -2.30. The van der Waals surface area contributed by atoms with Crippen molar-refractivity contribution in [3.63, 3.8) is 0 Å². The summed E-state index contributed by atoms with van der Waals surface area (Å²) in [6, 6.07) is 7.13. The van der Waals surface area contributed by atoms with Crippen molar-refractivity contribution in [2.75, 3.05) is 20.2 Å². The van der Waals surface area contributed by atoms with Crippen LogP contribution in [-0.2, 0) is 6.54 Å². The number of carbonyl (C=O) groups excluding carboxylic acids is 1. The molecule has 0 fully saturated rings. The maximum atomic E-state index is 12.8. The molecule has 2 rings (SSSR count). The molecule has 23 heavy (non-hydrogen) atoms.